The quantitative estimate of drug-likeness (QED) is 0.576. The summed E-state index contributed by atoms with van der Waals surface area (Å²) < 4.78 is 1.01. The lowest BCUT2D eigenvalue weighted by Crippen LogP contribution is -2.38. The zero-order valence-corrected chi connectivity index (χ0v) is 17.5. The molecule has 1 amide bonds. The minimum absolute atomic E-state index is 0.000194. The summed E-state index contributed by atoms with van der Waals surface area (Å²) in [5.41, 5.74) is 0.452. The highest BCUT2D eigenvalue weighted by Crippen LogP contribution is 2.21. The number of benzene rings is 2. The summed E-state index contributed by atoms with van der Waals surface area (Å²) in [5.74, 6) is 0.834. The molecule has 7 heteroatoms. The standard InChI is InChI=1S/C20H20BrN3O2S/c1-13(2)24(19(25)12-27-15-9-7-14(21)8-10-15)11-18-22-17-6-4-3-5-16(17)20(26)23-18/h3-10,13H,11-12H2,1-2H3,(H,22,23,26). The van der Waals surface area contributed by atoms with Crippen molar-refractivity contribution in [1.29, 1.82) is 0 Å². The van der Waals surface area contributed by atoms with Crippen LogP contribution in [0.25, 0.3) is 10.9 Å². The molecular weight excluding hydrogens is 426 g/mol. The van der Waals surface area contributed by atoms with Crippen molar-refractivity contribution in [3.8, 4) is 0 Å². The van der Waals surface area contributed by atoms with E-state index in [0.29, 0.717) is 22.5 Å². The van der Waals surface area contributed by atoms with Crippen molar-refractivity contribution in [2.75, 3.05) is 5.75 Å². The molecule has 3 rings (SSSR count). The van der Waals surface area contributed by atoms with Crippen molar-refractivity contribution in [2.24, 2.45) is 0 Å². The van der Waals surface area contributed by atoms with E-state index in [9.17, 15) is 9.59 Å². The molecule has 2 aromatic carbocycles. The Kier molecular flexibility index (Phi) is 6.34. The van der Waals surface area contributed by atoms with Crippen LogP contribution in [0.3, 0.4) is 0 Å². The van der Waals surface area contributed by atoms with E-state index >= 15 is 0 Å². The van der Waals surface area contributed by atoms with Gasteiger partial charge >= 0.3 is 0 Å². The first-order valence-corrected chi connectivity index (χ1v) is 10.4. The highest BCUT2D eigenvalue weighted by molar-refractivity contribution is 9.10. The Balaban J connectivity index is 1.74. The summed E-state index contributed by atoms with van der Waals surface area (Å²) in [6.45, 7) is 4.19. The van der Waals surface area contributed by atoms with Gasteiger partial charge in [0.15, 0.2) is 0 Å². The van der Waals surface area contributed by atoms with Crippen LogP contribution in [0.15, 0.2) is 62.7 Å². The zero-order valence-electron chi connectivity index (χ0n) is 15.1. The van der Waals surface area contributed by atoms with Crippen molar-refractivity contribution in [2.45, 2.75) is 31.3 Å². The molecule has 0 unspecified atom stereocenters. The summed E-state index contributed by atoms with van der Waals surface area (Å²) in [4.78, 5) is 35.1. The number of nitrogens with zero attached hydrogens (tertiary/aromatic N) is 2. The number of fused-ring (bicyclic) bond motifs is 1. The first-order chi connectivity index (χ1) is 12.9. The molecule has 0 atom stereocenters. The molecule has 140 valence electrons. The van der Waals surface area contributed by atoms with Gasteiger partial charge in [-0.2, -0.15) is 0 Å². The average molecular weight is 446 g/mol. The van der Waals surface area contributed by atoms with E-state index in [2.05, 4.69) is 25.9 Å². The number of para-hydroxylation sites is 1. The molecule has 0 saturated heterocycles. The average Bonchev–Trinajstić information content (AvgIpc) is 2.65. The smallest absolute Gasteiger partial charge is 0.258 e. The van der Waals surface area contributed by atoms with Crippen LogP contribution in [0.1, 0.15) is 19.7 Å². The summed E-state index contributed by atoms with van der Waals surface area (Å²) in [6, 6.07) is 15.1. The summed E-state index contributed by atoms with van der Waals surface area (Å²) in [7, 11) is 0. The minimum atomic E-state index is -0.184. The number of aromatic nitrogens is 2. The van der Waals surface area contributed by atoms with Gasteiger partial charge in [0, 0.05) is 15.4 Å². The van der Waals surface area contributed by atoms with Crippen LogP contribution in [-0.4, -0.2) is 32.6 Å². The molecule has 1 N–H and O–H groups in total. The van der Waals surface area contributed by atoms with Gasteiger partial charge in [-0.05, 0) is 50.2 Å². The number of hydrogen-bond acceptors (Lipinski definition) is 4. The van der Waals surface area contributed by atoms with E-state index in [4.69, 9.17) is 0 Å². The third-order valence-electron chi connectivity index (χ3n) is 4.10. The second-order valence-electron chi connectivity index (χ2n) is 6.39. The molecule has 0 radical (unpaired) electrons. The number of carbonyl (C=O) groups excluding carboxylic acids is 1. The fourth-order valence-corrected chi connectivity index (χ4v) is 3.74. The third kappa shape index (κ3) is 4.99. The van der Waals surface area contributed by atoms with Crippen LogP contribution in [-0.2, 0) is 11.3 Å². The molecule has 0 aliphatic carbocycles. The Labute approximate surface area is 170 Å². The van der Waals surface area contributed by atoms with E-state index in [-0.39, 0.29) is 24.1 Å². The maximum absolute atomic E-state index is 12.8. The second kappa shape index (κ2) is 8.71. The topological polar surface area (TPSA) is 66.1 Å². The Hall–Kier alpha value is -2.12. The predicted octanol–water partition coefficient (Wildman–Crippen LogP) is 4.21. The lowest BCUT2D eigenvalue weighted by atomic mass is 10.2. The van der Waals surface area contributed by atoms with Crippen molar-refractivity contribution >= 4 is 44.5 Å². The third-order valence-corrected chi connectivity index (χ3v) is 5.63. The largest absolute Gasteiger partial charge is 0.332 e. The van der Waals surface area contributed by atoms with Crippen LogP contribution in [0.2, 0.25) is 0 Å². The van der Waals surface area contributed by atoms with E-state index in [0.717, 1.165) is 9.37 Å². The Morgan fingerprint density at radius 2 is 1.89 bits per heavy atom. The molecule has 3 aromatic rings. The van der Waals surface area contributed by atoms with Gasteiger partial charge in [0.05, 0.1) is 23.2 Å². The van der Waals surface area contributed by atoms with Gasteiger partial charge < -0.3 is 9.88 Å². The number of halogens is 1. The highest BCUT2D eigenvalue weighted by atomic mass is 79.9. The molecule has 0 aliphatic rings. The summed E-state index contributed by atoms with van der Waals surface area (Å²) in [6.07, 6.45) is 0. The fraction of sp³-hybridized carbons (Fsp3) is 0.250. The van der Waals surface area contributed by atoms with Gasteiger partial charge in [-0.3, -0.25) is 9.59 Å². The summed E-state index contributed by atoms with van der Waals surface area (Å²) in [5, 5.41) is 0.550. The van der Waals surface area contributed by atoms with Crippen LogP contribution in [0.5, 0.6) is 0 Å². The lowest BCUT2D eigenvalue weighted by Gasteiger charge is -2.26. The predicted molar refractivity (Wildman–Crippen MR) is 113 cm³/mol. The van der Waals surface area contributed by atoms with Gasteiger partial charge in [0.25, 0.3) is 5.56 Å². The fourth-order valence-electron chi connectivity index (χ4n) is 2.69. The van der Waals surface area contributed by atoms with Crippen molar-refractivity contribution in [1.82, 2.24) is 14.9 Å². The zero-order chi connectivity index (χ0) is 19.4. The van der Waals surface area contributed by atoms with Crippen molar-refractivity contribution in [3.05, 3.63) is 69.2 Å². The second-order valence-corrected chi connectivity index (χ2v) is 8.35. The highest BCUT2D eigenvalue weighted by Gasteiger charge is 2.19. The van der Waals surface area contributed by atoms with Crippen LogP contribution < -0.4 is 5.56 Å². The molecule has 0 fully saturated rings. The number of hydrogen-bond donors (Lipinski definition) is 1. The van der Waals surface area contributed by atoms with Gasteiger partial charge in [-0.15, -0.1) is 11.8 Å². The van der Waals surface area contributed by atoms with Crippen LogP contribution >= 0.6 is 27.7 Å². The maximum atomic E-state index is 12.8. The first kappa shape index (κ1) is 19.6. The monoisotopic (exact) mass is 445 g/mol. The number of nitrogens with one attached hydrogen (secondary N) is 1. The van der Waals surface area contributed by atoms with E-state index in [1.165, 1.54) is 11.8 Å². The number of aromatic amines is 1. The van der Waals surface area contributed by atoms with E-state index < -0.39 is 0 Å². The maximum Gasteiger partial charge on any atom is 0.258 e. The molecule has 1 heterocycles. The van der Waals surface area contributed by atoms with Gasteiger partial charge in [-0.1, -0.05) is 28.1 Å². The number of amides is 1. The normalized spacial score (nSPS) is 11.1. The van der Waals surface area contributed by atoms with Gasteiger partial charge in [0.2, 0.25) is 5.91 Å². The molecule has 27 heavy (non-hydrogen) atoms. The van der Waals surface area contributed by atoms with Crippen LogP contribution in [0, 0.1) is 0 Å². The number of carbonyl (C=O) groups is 1. The molecule has 0 aliphatic heterocycles. The Bertz CT molecular complexity index is 1000. The Morgan fingerprint density at radius 3 is 2.59 bits per heavy atom. The molecule has 5 nitrogen and oxygen atoms in total. The summed E-state index contributed by atoms with van der Waals surface area (Å²) >= 11 is 4.90. The molecule has 0 bridgehead atoms. The van der Waals surface area contributed by atoms with Gasteiger partial charge in [0.1, 0.15) is 5.82 Å². The van der Waals surface area contributed by atoms with E-state index in [1.807, 2.05) is 50.2 Å². The lowest BCUT2D eigenvalue weighted by molar-refractivity contribution is -0.130. The van der Waals surface area contributed by atoms with Crippen molar-refractivity contribution < 1.29 is 4.79 Å². The number of thioether (sulfide) groups is 1. The molecule has 1 aromatic heterocycles. The van der Waals surface area contributed by atoms with E-state index in [1.54, 1.807) is 17.0 Å². The van der Waals surface area contributed by atoms with Crippen molar-refractivity contribution in [3.63, 3.8) is 0 Å². The number of rotatable bonds is 6. The van der Waals surface area contributed by atoms with Crippen LogP contribution in [0.4, 0.5) is 0 Å². The minimum Gasteiger partial charge on any atom is -0.332 e. The molecular formula is C20H20BrN3O2S. The number of H-pyrrole nitrogens is 1. The first-order valence-electron chi connectivity index (χ1n) is 8.60. The Morgan fingerprint density at radius 1 is 1.19 bits per heavy atom. The van der Waals surface area contributed by atoms with Gasteiger partial charge in [-0.25, -0.2) is 4.98 Å². The molecule has 0 spiro atoms. The molecule has 0 saturated carbocycles. The SMILES string of the molecule is CC(C)N(Cc1nc2ccccc2c(=O)[nH]1)C(=O)CSc1ccc(Br)cc1.